The van der Waals surface area contributed by atoms with E-state index in [1.165, 1.54) is 31.2 Å². The van der Waals surface area contributed by atoms with Gasteiger partial charge in [0.15, 0.2) is 0 Å². The van der Waals surface area contributed by atoms with E-state index in [9.17, 15) is 13.2 Å². The fourth-order valence-corrected chi connectivity index (χ4v) is 5.59. The van der Waals surface area contributed by atoms with E-state index in [2.05, 4.69) is 18.6 Å². The Morgan fingerprint density at radius 3 is 2.43 bits per heavy atom. The number of nitrogens with one attached hydrogen (secondary N) is 1. The first-order valence-corrected chi connectivity index (χ1v) is 12.6. The van der Waals surface area contributed by atoms with Crippen LogP contribution in [-0.4, -0.2) is 50.1 Å². The summed E-state index contributed by atoms with van der Waals surface area (Å²) < 4.78 is 37.0. The summed E-state index contributed by atoms with van der Waals surface area (Å²) in [6.45, 7) is 6.70. The standard InChI is InChI=1S/C22H37N3O4S/c1-15(2)17-7-11-19(12-8-17)29-14-21-20(23-30(27,28)24(4)5)13-10-18-9-6-16(3)22(26)25(18)21/h6,9,15,17,19-21,23H,7-8,10-14H2,1-5H3. The van der Waals surface area contributed by atoms with Gasteiger partial charge in [-0.1, -0.05) is 19.9 Å². The summed E-state index contributed by atoms with van der Waals surface area (Å²) in [5.74, 6) is 1.45. The maximum absolute atomic E-state index is 13.0. The van der Waals surface area contributed by atoms with E-state index >= 15 is 0 Å². The number of aryl methyl sites for hydroxylation is 2. The molecule has 0 aromatic carbocycles. The number of hydrogen-bond acceptors (Lipinski definition) is 4. The summed E-state index contributed by atoms with van der Waals surface area (Å²) in [6.07, 6.45) is 5.87. The van der Waals surface area contributed by atoms with Crippen LogP contribution >= 0.6 is 0 Å². The van der Waals surface area contributed by atoms with Crippen molar-refractivity contribution in [1.82, 2.24) is 13.6 Å². The summed E-state index contributed by atoms with van der Waals surface area (Å²) >= 11 is 0. The molecule has 0 saturated heterocycles. The summed E-state index contributed by atoms with van der Waals surface area (Å²) in [4.78, 5) is 13.0. The molecule has 0 amide bonds. The minimum absolute atomic E-state index is 0.0571. The van der Waals surface area contributed by atoms with Crippen molar-refractivity contribution in [2.24, 2.45) is 11.8 Å². The lowest BCUT2D eigenvalue weighted by Crippen LogP contribution is -2.52. The maximum atomic E-state index is 13.0. The van der Waals surface area contributed by atoms with Crippen molar-refractivity contribution in [3.05, 3.63) is 33.7 Å². The first-order chi connectivity index (χ1) is 14.1. The van der Waals surface area contributed by atoms with Gasteiger partial charge in [-0.05, 0) is 63.4 Å². The van der Waals surface area contributed by atoms with Gasteiger partial charge in [-0.2, -0.15) is 17.4 Å². The average molecular weight is 440 g/mol. The fourth-order valence-electron chi connectivity index (χ4n) is 4.72. The van der Waals surface area contributed by atoms with Crippen LogP contribution in [0.15, 0.2) is 16.9 Å². The zero-order valence-corrected chi connectivity index (χ0v) is 19.7. The molecule has 0 spiro atoms. The zero-order chi connectivity index (χ0) is 22.1. The highest BCUT2D eigenvalue weighted by molar-refractivity contribution is 7.87. The molecule has 170 valence electrons. The van der Waals surface area contributed by atoms with Crippen LogP contribution in [0.4, 0.5) is 0 Å². The van der Waals surface area contributed by atoms with Gasteiger partial charge in [0.1, 0.15) is 0 Å². The van der Waals surface area contributed by atoms with Crippen molar-refractivity contribution in [2.45, 2.75) is 77.5 Å². The lowest BCUT2D eigenvalue weighted by molar-refractivity contribution is -0.0104. The number of hydrogen-bond donors (Lipinski definition) is 1. The molecule has 1 fully saturated rings. The quantitative estimate of drug-likeness (QED) is 0.708. The van der Waals surface area contributed by atoms with Crippen molar-refractivity contribution >= 4 is 10.2 Å². The molecule has 1 aliphatic heterocycles. The van der Waals surface area contributed by atoms with Crippen LogP contribution in [0.25, 0.3) is 0 Å². The molecule has 2 unspecified atom stereocenters. The Kier molecular flexibility index (Phi) is 7.43. The molecule has 1 aliphatic carbocycles. The monoisotopic (exact) mass is 439 g/mol. The predicted molar refractivity (Wildman–Crippen MR) is 119 cm³/mol. The molecule has 0 radical (unpaired) electrons. The Morgan fingerprint density at radius 2 is 1.83 bits per heavy atom. The zero-order valence-electron chi connectivity index (χ0n) is 18.9. The summed E-state index contributed by atoms with van der Waals surface area (Å²) in [5, 5.41) is 0. The molecule has 2 heterocycles. The van der Waals surface area contributed by atoms with Crippen molar-refractivity contribution in [1.29, 1.82) is 0 Å². The van der Waals surface area contributed by atoms with E-state index in [-0.39, 0.29) is 23.7 Å². The van der Waals surface area contributed by atoms with E-state index in [1.54, 1.807) is 11.5 Å². The highest BCUT2D eigenvalue weighted by Crippen LogP contribution is 2.32. The van der Waals surface area contributed by atoms with Gasteiger partial charge in [-0.25, -0.2) is 0 Å². The smallest absolute Gasteiger partial charge is 0.279 e. The van der Waals surface area contributed by atoms with E-state index in [4.69, 9.17) is 4.74 Å². The van der Waals surface area contributed by atoms with Gasteiger partial charge in [0.25, 0.3) is 15.8 Å². The predicted octanol–water partition coefficient (Wildman–Crippen LogP) is 2.64. The van der Waals surface area contributed by atoms with Gasteiger partial charge in [0.05, 0.1) is 18.8 Å². The second-order valence-electron chi connectivity index (χ2n) is 9.41. The van der Waals surface area contributed by atoms with Crippen LogP contribution in [0.3, 0.4) is 0 Å². The lowest BCUT2D eigenvalue weighted by atomic mass is 9.80. The van der Waals surface area contributed by atoms with Gasteiger partial charge >= 0.3 is 0 Å². The molecule has 1 saturated carbocycles. The van der Waals surface area contributed by atoms with Gasteiger partial charge in [-0.15, -0.1) is 0 Å². The van der Waals surface area contributed by atoms with Crippen LogP contribution in [0.1, 0.15) is 63.3 Å². The normalized spacial score (nSPS) is 27.4. The second kappa shape index (κ2) is 9.51. The van der Waals surface area contributed by atoms with Crippen molar-refractivity contribution in [3.8, 4) is 0 Å². The highest BCUT2D eigenvalue weighted by atomic mass is 32.2. The summed E-state index contributed by atoms with van der Waals surface area (Å²) in [5.41, 5.74) is 1.55. The van der Waals surface area contributed by atoms with Gasteiger partial charge in [0.2, 0.25) is 0 Å². The molecule has 2 atom stereocenters. The van der Waals surface area contributed by atoms with Crippen molar-refractivity contribution < 1.29 is 13.2 Å². The van der Waals surface area contributed by atoms with E-state index in [0.29, 0.717) is 30.9 Å². The molecular formula is C22H37N3O4S. The third kappa shape index (κ3) is 5.15. The second-order valence-corrected chi connectivity index (χ2v) is 11.3. The number of rotatable bonds is 7. The topological polar surface area (TPSA) is 80.6 Å². The highest BCUT2D eigenvalue weighted by Gasteiger charge is 2.35. The SMILES string of the molecule is Cc1ccc2n(c1=O)C(COC1CCC(C(C)C)CC1)C(NS(=O)(=O)N(C)C)CC2. The van der Waals surface area contributed by atoms with Crippen LogP contribution in [0.2, 0.25) is 0 Å². The molecule has 7 nitrogen and oxygen atoms in total. The molecule has 8 heteroatoms. The Balaban J connectivity index is 1.80. The number of pyridine rings is 1. The van der Waals surface area contributed by atoms with Crippen molar-refractivity contribution in [3.63, 3.8) is 0 Å². The summed E-state index contributed by atoms with van der Waals surface area (Å²) in [6, 6.07) is 3.10. The minimum Gasteiger partial charge on any atom is -0.376 e. The largest absolute Gasteiger partial charge is 0.376 e. The van der Waals surface area contributed by atoms with E-state index in [1.807, 2.05) is 12.1 Å². The first-order valence-electron chi connectivity index (χ1n) is 11.1. The van der Waals surface area contributed by atoms with Crippen LogP contribution in [0, 0.1) is 18.8 Å². The van der Waals surface area contributed by atoms with Crippen molar-refractivity contribution in [2.75, 3.05) is 20.7 Å². The Morgan fingerprint density at radius 1 is 1.17 bits per heavy atom. The maximum Gasteiger partial charge on any atom is 0.279 e. The summed E-state index contributed by atoms with van der Waals surface area (Å²) in [7, 11) is -0.588. The molecule has 3 rings (SSSR count). The molecule has 2 aliphatic rings. The van der Waals surface area contributed by atoms with Gasteiger partial charge in [0, 0.05) is 31.4 Å². The Labute approximate surface area is 181 Å². The molecule has 0 bridgehead atoms. The number of ether oxygens (including phenoxy) is 1. The molecular weight excluding hydrogens is 402 g/mol. The lowest BCUT2D eigenvalue weighted by Gasteiger charge is -2.37. The number of fused-ring (bicyclic) bond motifs is 1. The van der Waals surface area contributed by atoms with Crippen LogP contribution < -0.4 is 10.3 Å². The first kappa shape index (κ1) is 23.4. The number of aromatic nitrogens is 1. The molecule has 1 N–H and O–H groups in total. The Hall–Kier alpha value is -1.22. The third-order valence-corrected chi connectivity index (χ3v) is 8.41. The molecule has 1 aromatic rings. The third-order valence-electron chi connectivity index (χ3n) is 6.84. The number of nitrogens with zero attached hydrogens (tertiary/aromatic N) is 2. The van der Waals surface area contributed by atoms with E-state index < -0.39 is 10.2 Å². The van der Waals surface area contributed by atoms with Crippen LogP contribution in [-0.2, 0) is 21.4 Å². The average Bonchev–Trinajstić information content (AvgIpc) is 2.69. The van der Waals surface area contributed by atoms with Gasteiger partial charge in [-0.3, -0.25) is 4.79 Å². The minimum atomic E-state index is -3.60. The molecule has 30 heavy (non-hydrogen) atoms. The molecule has 1 aromatic heterocycles. The Bertz CT molecular complexity index is 886. The fraction of sp³-hybridized carbons (Fsp3) is 0.773. The van der Waals surface area contributed by atoms with Crippen LogP contribution in [0.5, 0.6) is 0 Å². The van der Waals surface area contributed by atoms with Gasteiger partial charge < -0.3 is 9.30 Å². The van der Waals surface area contributed by atoms with E-state index in [0.717, 1.165) is 24.5 Å².